The van der Waals surface area contributed by atoms with Crippen molar-refractivity contribution < 1.29 is 14.3 Å². The number of nitrogens with one attached hydrogen (secondary N) is 1. The monoisotopic (exact) mass is 338 g/mol. The van der Waals surface area contributed by atoms with Crippen LogP contribution in [0.3, 0.4) is 0 Å². The lowest BCUT2D eigenvalue weighted by Gasteiger charge is -2.26. The highest BCUT2D eigenvalue weighted by Gasteiger charge is 2.35. The Kier molecular flexibility index (Phi) is 5.88. The van der Waals surface area contributed by atoms with Gasteiger partial charge in [-0.1, -0.05) is 18.5 Å². The van der Waals surface area contributed by atoms with Crippen molar-refractivity contribution in [2.75, 3.05) is 13.7 Å². The Bertz CT molecular complexity index is 591. The second-order valence-corrected chi connectivity index (χ2v) is 6.26. The van der Waals surface area contributed by atoms with Gasteiger partial charge in [-0.05, 0) is 44.4 Å². The number of carbonyl (C=O) groups excluding carboxylic acids is 2. The van der Waals surface area contributed by atoms with Gasteiger partial charge >= 0.3 is 0 Å². The highest BCUT2D eigenvalue weighted by Crippen LogP contribution is 2.27. The number of hydrogen-bond acceptors (Lipinski definition) is 3. The maximum Gasteiger partial charge on any atom is 0.258 e. The van der Waals surface area contributed by atoms with Crippen LogP contribution in [-0.2, 0) is 4.79 Å². The fourth-order valence-electron chi connectivity index (χ4n) is 2.73. The zero-order chi connectivity index (χ0) is 17.0. The third-order valence-electron chi connectivity index (χ3n) is 4.21. The van der Waals surface area contributed by atoms with E-state index in [1.165, 1.54) is 7.11 Å². The molecule has 2 atom stereocenters. The van der Waals surface area contributed by atoms with E-state index in [1.54, 1.807) is 23.1 Å². The Balaban J connectivity index is 2.21. The van der Waals surface area contributed by atoms with Crippen LogP contribution in [0.25, 0.3) is 0 Å². The van der Waals surface area contributed by atoms with Gasteiger partial charge in [0.15, 0.2) is 0 Å². The highest BCUT2D eigenvalue weighted by atomic mass is 35.5. The average molecular weight is 339 g/mol. The van der Waals surface area contributed by atoms with Gasteiger partial charge in [-0.3, -0.25) is 9.59 Å². The Morgan fingerprint density at radius 2 is 2.22 bits per heavy atom. The number of amides is 2. The molecule has 1 aromatic carbocycles. The molecular weight excluding hydrogens is 316 g/mol. The summed E-state index contributed by atoms with van der Waals surface area (Å²) in [6, 6.07) is 4.60. The lowest BCUT2D eigenvalue weighted by atomic mass is 10.1. The number of nitrogens with zero attached hydrogens (tertiary/aromatic N) is 1. The largest absolute Gasteiger partial charge is 0.496 e. The lowest BCUT2D eigenvalue weighted by Crippen LogP contribution is -2.48. The molecule has 1 aliphatic heterocycles. The van der Waals surface area contributed by atoms with Crippen LogP contribution in [0.4, 0.5) is 0 Å². The van der Waals surface area contributed by atoms with Gasteiger partial charge in [-0.2, -0.15) is 0 Å². The fraction of sp³-hybridized carbons (Fsp3) is 0.529. The molecule has 5 nitrogen and oxygen atoms in total. The summed E-state index contributed by atoms with van der Waals surface area (Å²) in [5, 5.41) is 3.42. The minimum Gasteiger partial charge on any atom is -0.496 e. The molecule has 1 aliphatic rings. The Labute approximate surface area is 141 Å². The number of ether oxygens (including phenoxy) is 1. The zero-order valence-electron chi connectivity index (χ0n) is 13.8. The van der Waals surface area contributed by atoms with Crippen molar-refractivity contribution in [2.24, 2.45) is 0 Å². The van der Waals surface area contributed by atoms with E-state index in [-0.39, 0.29) is 17.9 Å². The average Bonchev–Trinajstić information content (AvgIpc) is 3.03. The summed E-state index contributed by atoms with van der Waals surface area (Å²) in [4.78, 5) is 26.9. The normalized spacial score (nSPS) is 18.6. The predicted molar refractivity (Wildman–Crippen MR) is 90.0 cm³/mol. The summed E-state index contributed by atoms with van der Waals surface area (Å²) in [5.74, 6) is 0.157. The van der Waals surface area contributed by atoms with Crippen LogP contribution in [0, 0.1) is 0 Å². The van der Waals surface area contributed by atoms with Gasteiger partial charge in [0.1, 0.15) is 11.8 Å². The number of carbonyl (C=O) groups is 2. The molecule has 2 rings (SSSR count). The van der Waals surface area contributed by atoms with Gasteiger partial charge in [0.05, 0.1) is 12.7 Å². The summed E-state index contributed by atoms with van der Waals surface area (Å²) in [6.45, 7) is 4.53. The molecule has 1 saturated heterocycles. The van der Waals surface area contributed by atoms with E-state index in [2.05, 4.69) is 5.32 Å². The topological polar surface area (TPSA) is 58.6 Å². The summed E-state index contributed by atoms with van der Waals surface area (Å²) in [5.41, 5.74) is 0.392. The molecule has 0 aromatic heterocycles. The van der Waals surface area contributed by atoms with Crippen LogP contribution in [-0.4, -0.2) is 42.5 Å². The number of rotatable bonds is 5. The molecule has 0 radical (unpaired) electrons. The maximum absolute atomic E-state index is 12.9. The Morgan fingerprint density at radius 1 is 1.48 bits per heavy atom. The number of likely N-dealkylation sites (tertiary alicyclic amines) is 1. The van der Waals surface area contributed by atoms with Crippen LogP contribution in [0.5, 0.6) is 5.75 Å². The van der Waals surface area contributed by atoms with E-state index < -0.39 is 6.04 Å². The van der Waals surface area contributed by atoms with E-state index >= 15 is 0 Å². The molecule has 1 aromatic rings. The highest BCUT2D eigenvalue weighted by molar-refractivity contribution is 6.31. The van der Waals surface area contributed by atoms with Gasteiger partial charge in [0, 0.05) is 17.6 Å². The van der Waals surface area contributed by atoms with Gasteiger partial charge in [0.2, 0.25) is 5.91 Å². The first-order valence-corrected chi connectivity index (χ1v) is 8.30. The predicted octanol–water partition coefficient (Wildman–Crippen LogP) is 2.87. The van der Waals surface area contributed by atoms with Crippen molar-refractivity contribution in [1.29, 1.82) is 0 Å². The molecule has 1 fully saturated rings. The molecule has 0 aliphatic carbocycles. The summed E-state index contributed by atoms with van der Waals surface area (Å²) in [6.07, 6.45) is 2.35. The number of benzene rings is 1. The van der Waals surface area contributed by atoms with Gasteiger partial charge in [-0.15, -0.1) is 0 Å². The molecule has 2 unspecified atom stereocenters. The summed E-state index contributed by atoms with van der Waals surface area (Å²) >= 11 is 6.01. The van der Waals surface area contributed by atoms with Crippen LogP contribution >= 0.6 is 11.6 Å². The smallest absolute Gasteiger partial charge is 0.258 e. The molecule has 23 heavy (non-hydrogen) atoms. The van der Waals surface area contributed by atoms with Crippen LogP contribution < -0.4 is 10.1 Å². The lowest BCUT2D eigenvalue weighted by molar-refractivity contribution is -0.125. The molecule has 2 amide bonds. The van der Waals surface area contributed by atoms with Crippen molar-refractivity contribution in [2.45, 2.75) is 45.2 Å². The van der Waals surface area contributed by atoms with Gasteiger partial charge in [0.25, 0.3) is 5.91 Å². The molecular formula is C17H23ClN2O3. The fourth-order valence-corrected chi connectivity index (χ4v) is 2.90. The number of halogens is 1. The Hall–Kier alpha value is -1.75. The quantitative estimate of drug-likeness (QED) is 0.898. The number of methoxy groups -OCH3 is 1. The number of hydrogen-bond donors (Lipinski definition) is 1. The standard InChI is InChI=1S/C17H23ClN2O3/c1-4-11(2)19-16(21)14-6-5-9-20(14)17(22)13-10-12(18)7-8-15(13)23-3/h7-8,10-11,14H,4-6,9H2,1-3H3,(H,19,21). The molecule has 126 valence electrons. The summed E-state index contributed by atoms with van der Waals surface area (Å²) < 4.78 is 5.25. The molecule has 0 saturated carbocycles. The zero-order valence-corrected chi connectivity index (χ0v) is 14.5. The molecule has 0 spiro atoms. The minimum absolute atomic E-state index is 0.0915. The van der Waals surface area contributed by atoms with Crippen LogP contribution in [0.1, 0.15) is 43.5 Å². The molecule has 1 N–H and O–H groups in total. The van der Waals surface area contributed by atoms with Crippen molar-refractivity contribution >= 4 is 23.4 Å². The van der Waals surface area contributed by atoms with Crippen LogP contribution in [0.2, 0.25) is 5.02 Å². The van der Waals surface area contributed by atoms with Crippen molar-refractivity contribution in [3.8, 4) is 5.75 Å². The SMILES string of the molecule is CCC(C)NC(=O)C1CCCN1C(=O)c1cc(Cl)ccc1OC. The summed E-state index contributed by atoms with van der Waals surface area (Å²) in [7, 11) is 1.51. The second-order valence-electron chi connectivity index (χ2n) is 5.82. The molecule has 6 heteroatoms. The molecule has 0 bridgehead atoms. The maximum atomic E-state index is 12.9. The van der Waals surface area contributed by atoms with Crippen molar-refractivity contribution in [1.82, 2.24) is 10.2 Å². The van der Waals surface area contributed by atoms with Gasteiger partial charge < -0.3 is 15.0 Å². The first-order valence-electron chi connectivity index (χ1n) is 7.92. The first kappa shape index (κ1) is 17.6. The van der Waals surface area contributed by atoms with E-state index in [9.17, 15) is 9.59 Å². The van der Waals surface area contributed by atoms with E-state index in [4.69, 9.17) is 16.3 Å². The second kappa shape index (κ2) is 7.68. The van der Waals surface area contributed by atoms with Gasteiger partial charge in [-0.25, -0.2) is 0 Å². The Morgan fingerprint density at radius 3 is 2.87 bits per heavy atom. The molecule has 1 heterocycles. The van der Waals surface area contributed by atoms with Crippen molar-refractivity contribution in [3.05, 3.63) is 28.8 Å². The van der Waals surface area contributed by atoms with E-state index in [0.29, 0.717) is 29.3 Å². The van der Waals surface area contributed by atoms with Crippen molar-refractivity contribution in [3.63, 3.8) is 0 Å². The third kappa shape index (κ3) is 3.96. The van der Waals surface area contributed by atoms with Crippen LogP contribution in [0.15, 0.2) is 18.2 Å². The van der Waals surface area contributed by atoms with E-state index in [0.717, 1.165) is 12.8 Å². The first-order chi connectivity index (χ1) is 11.0. The third-order valence-corrected chi connectivity index (χ3v) is 4.44. The minimum atomic E-state index is -0.430. The van der Waals surface area contributed by atoms with E-state index in [1.807, 2.05) is 13.8 Å².